The summed E-state index contributed by atoms with van der Waals surface area (Å²) in [5.74, 6) is 0.168. The molecule has 2 aromatic heterocycles. The number of rotatable bonds is 8. The minimum Gasteiger partial charge on any atom is -0.383 e. The van der Waals surface area contributed by atoms with Gasteiger partial charge in [0, 0.05) is 27.6 Å². The molecule has 0 aliphatic rings. The van der Waals surface area contributed by atoms with Crippen molar-refractivity contribution in [2.24, 2.45) is 0 Å². The van der Waals surface area contributed by atoms with E-state index in [2.05, 4.69) is 15.6 Å². The second-order valence-corrected chi connectivity index (χ2v) is 7.84. The number of nitrogens with two attached hydrogens (primary N) is 1. The van der Waals surface area contributed by atoms with E-state index in [0.717, 1.165) is 27.8 Å². The number of aryl methyl sites for hydroxylation is 1. The van der Waals surface area contributed by atoms with Crippen molar-refractivity contribution in [3.05, 3.63) is 59.1 Å². The smallest absolute Gasteiger partial charge is 0.242 e. The first kappa shape index (κ1) is 19.8. The molecule has 1 unspecified atom stereocenters. The zero-order valence-electron chi connectivity index (χ0n) is 15.8. The number of fused-ring (bicyclic) bond motifs is 1. The average molecular weight is 397 g/mol. The fourth-order valence-corrected chi connectivity index (χ4v) is 3.93. The van der Waals surface area contributed by atoms with Crippen LogP contribution in [-0.2, 0) is 22.6 Å². The molecule has 7 heteroatoms. The van der Waals surface area contributed by atoms with Crippen LogP contribution in [0.4, 0.5) is 5.82 Å². The van der Waals surface area contributed by atoms with E-state index in [-0.39, 0.29) is 11.8 Å². The van der Waals surface area contributed by atoms with Gasteiger partial charge in [-0.3, -0.25) is 9.59 Å². The molecule has 28 heavy (non-hydrogen) atoms. The van der Waals surface area contributed by atoms with Crippen molar-refractivity contribution in [3.8, 4) is 0 Å². The molecule has 4 N–H and O–H groups in total. The standard InChI is InChI=1S/C21H24N4O2S/c1-14(25-19(26)9-5-8-15-6-3-2-4-7-15)21(27)24-13-16-12-17-18(28-16)10-11-23-20(17)22/h2-4,6-7,10-12,14H,5,8-9,13H2,1H3,(H2,22,23)(H,24,27)(H,25,26). The average Bonchev–Trinajstić information content (AvgIpc) is 3.11. The Hall–Kier alpha value is -2.93. The lowest BCUT2D eigenvalue weighted by Gasteiger charge is -2.13. The zero-order valence-corrected chi connectivity index (χ0v) is 16.6. The molecule has 2 amide bonds. The minimum absolute atomic E-state index is 0.112. The van der Waals surface area contributed by atoms with Crippen molar-refractivity contribution in [3.63, 3.8) is 0 Å². The molecule has 146 valence electrons. The summed E-state index contributed by atoms with van der Waals surface area (Å²) in [6.07, 6.45) is 3.67. The van der Waals surface area contributed by atoms with Crippen LogP contribution < -0.4 is 16.4 Å². The van der Waals surface area contributed by atoms with Crippen LogP contribution in [0, 0.1) is 0 Å². The fraction of sp³-hybridized carbons (Fsp3) is 0.286. The highest BCUT2D eigenvalue weighted by Gasteiger charge is 2.15. The first-order valence-electron chi connectivity index (χ1n) is 9.27. The zero-order chi connectivity index (χ0) is 19.9. The van der Waals surface area contributed by atoms with Gasteiger partial charge in [0.2, 0.25) is 11.8 Å². The van der Waals surface area contributed by atoms with Gasteiger partial charge in [0.05, 0.1) is 6.54 Å². The lowest BCUT2D eigenvalue weighted by molar-refractivity contribution is -0.128. The van der Waals surface area contributed by atoms with E-state index >= 15 is 0 Å². The van der Waals surface area contributed by atoms with Crippen molar-refractivity contribution < 1.29 is 9.59 Å². The van der Waals surface area contributed by atoms with Gasteiger partial charge in [-0.1, -0.05) is 30.3 Å². The van der Waals surface area contributed by atoms with Gasteiger partial charge in [-0.25, -0.2) is 4.98 Å². The Kier molecular flexibility index (Phi) is 6.60. The Labute approximate surface area is 168 Å². The van der Waals surface area contributed by atoms with Gasteiger partial charge in [-0.15, -0.1) is 11.3 Å². The van der Waals surface area contributed by atoms with E-state index in [1.807, 2.05) is 42.5 Å². The third-order valence-corrected chi connectivity index (χ3v) is 5.55. The van der Waals surface area contributed by atoms with Crippen LogP contribution in [0.3, 0.4) is 0 Å². The number of aromatic nitrogens is 1. The second kappa shape index (κ2) is 9.32. The molecule has 0 bridgehead atoms. The van der Waals surface area contributed by atoms with E-state index in [9.17, 15) is 9.59 Å². The van der Waals surface area contributed by atoms with Crippen molar-refractivity contribution in [2.45, 2.75) is 38.8 Å². The van der Waals surface area contributed by atoms with E-state index in [4.69, 9.17) is 5.73 Å². The summed E-state index contributed by atoms with van der Waals surface area (Å²) < 4.78 is 1.04. The molecule has 3 rings (SSSR count). The lowest BCUT2D eigenvalue weighted by Crippen LogP contribution is -2.44. The minimum atomic E-state index is -0.578. The number of nitrogens with zero attached hydrogens (tertiary/aromatic N) is 1. The molecule has 0 aliphatic carbocycles. The van der Waals surface area contributed by atoms with Crippen LogP contribution in [0.15, 0.2) is 48.7 Å². The van der Waals surface area contributed by atoms with E-state index in [1.165, 1.54) is 5.56 Å². The number of hydrogen-bond acceptors (Lipinski definition) is 5. The van der Waals surface area contributed by atoms with Crippen LogP contribution in [0.25, 0.3) is 10.1 Å². The second-order valence-electron chi connectivity index (χ2n) is 6.67. The van der Waals surface area contributed by atoms with Gasteiger partial charge < -0.3 is 16.4 Å². The summed E-state index contributed by atoms with van der Waals surface area (Å²) in [5.41, 5.74) is 7.07. The highest BCUT2D eigenvalue weighted by Crippen LogP contribution is 2.28. The van der Waals surface area contributed by atoms with Crippen LogP contribution in [0.2, 0.25) is 0 Å². The molecule has 3 aromatic rings. The molecule has 1 atom stereocenters. The highest BCUT2D eigenvalue weighted by atomic mass is 32.1. The Morgan fingerprint density at radius 3 is 2.75 bits per heavy atom. The van der Waals surface area contributed by atoms with E-state index < -0.39 is 6.04 Å². The van der Waals surface area contributed by atoms with E-state index in [1.54, 1.807) is 24.5 Å². The summed E-state index contributed by atoms with van der Waals surface area (Å²) >= 11 is 1.57. The number of anilines is 1. The Morgan fingerprint density at radius 1 is 1.21 bits per heavy atom. The normalized spacial score (nSPS) is 11.9. The predicted molar refractivity (Wildman–Crippen MR) is 113 cm³/mol. The molecule has 0 saturated carbocycles. The van der Waals surface area contributed by atoms with Crippen molar-refractivity contribution in [1.29, 1.82) is 0 Å². The Bertz CT molecular complexity index is 955. The predicted octanol–water partition coefficient (Wildman–Crippen LogP) is 3.02. The molecule has 0 saturated heterocycles. The molecular weight excluding hydrogens is 372 g/mol. The summed E-state index contributed by atoms with van der Waals surface area (Å²) in [5, 5.41) is 6.52. The first-order valence-corrected chi connectivity index (χ1v) is 10.1. The van der Waals surface area contributed by atoms with Crippen molar-refractivity contribution >= 4 is 39.1 Å². The van der Waals surface area contributed by atoms with Crippen molar-refractivity contribution in [1.82, 2.24) is 15.6 Å². The molecule has 0 spiro atoms. The van der Waals surface area contributed by atoms with Crippen LogP contribution in [0.1, 0.15) is 30.2 Å². The Balaban J connectivity index is 1.42. The summed E-state index contributed by atoms with van der Waals surface area (Å²) in [6, 6.07) is 13.3. The van der Waals surface area contributed by atoms with Gasteiger partial charge in [-0.2, -0.15) is 0 Å². The SMILES string of the molecule is CC(NC(=O)CCCc1ccccc1)C(=O)NCc1cc2c(N)nccc2s1. The Morgan fingerprint density at radius 2 is 2.00 bits per heavy atom. The molecule has 0 aliphatic heterocycles. The van der Waals surface area contributed by atoms with Crippen LogP contribution in [-0.4, -0.2) is 22.8 Å². The van der Waals surface area contributed by atoms with Gasteiger partial charge in [0.1, 0.15) is 11.9 Å². The largest absolute Gasteiger partial charge is 0.383 e. The number of carbonyl (C=O) groups excluding carboxylic acids is 2. The molecule has 6 nitrogen and oxygen atoms in total. The maximum absolute atomic E-state index is 12.3. The number of benzene rings is 1. The van der Waals surface area contributed by atoms with Crippen LogP contribution >= 0.6 is 11.3 Å². The fourth-order valence-electron chi connectivity index (χ4n) is 2.93. The van der Waals surface area contributed by atoms with Gasteiger partial charge in [0.15, 0.2) is 0 Å². The number of nitrogens with one attached hydrogen (secondary N) is 2. The maximum atomic E-state index is 12.3. The number of thiophene rings is 1. The topological polar surface area (TPSA) is 97.1 Å². The van der Waals surface area contributed by atoms with Gasteiger partial charge >= 0.3 is 0 Å². The maximum Gasteiger partial charge on any atom is 0.242 e. The summed E-state index contributed by atoms with van der Waals surface area (Å²) in [4.78, 5) is 29.4. The number of amides is 2. The monoisotopic (exact) mass is 396 g/mol. The van der Waals surface area contributed by atoms with Gasteiger partial charge in [-0.05, 0) is 37.5 Å². The van der Waals surface area contributed by atoms with Crippen molar-refractivity contribution in [2.75, 3.05) is 5.73 Å². The first-order chi connectivity index (χ1) is 13.5. The number of nitrogen functional groups attached to an aromatic ring is 1. The number of pyridine rings is 1. The number of carbonyl (C=O) groups is 2. The number of hydrogen-bond donors (Lipinski definition) is 3. The van der Waals surface area contributed by atoms with E-state index in [0.29, 0.717) is 18.8 Å². The quantitative estimate of drug-likeness (QED) is 0.545. The summed E-state index contributed by atoms with van der Waals surface area (Å²) in [6.45, 7) is 2.09. The molecular formula is C21H24N4O2S. The summed E-state index contributed by atoms with van der Waals surface area (Å²) in [7, 11) is 0. The van der Waals surface area contributed by atoms with Crippen LogP contribution in [0.5, 0.6) is 0 Å². The third-order valence-electron chi connectivity index (χ3n) is 4.45. The molecule has 2 heterocycles. The molecule has 1 aromatic carbocycles. The molecule has 0 fully saturated rings. The lowest BCUT2D eigenvalue weighted by atomic mass is 10.1. The highest BCUT2D eigenvalue weighted by molar-refractivity contribution is 7.19. The third kappa shape index (κ3) is 5.29. The molecule has 0 radical (unpaired) electrons. The van der Waals surface area contributed by atoms with Gasteiger partial charge in [0.25, 0.3) is 0 Å².